The van der Waals surface area contributed by atoms with Crippen molar-refractivity contribution in [1.29, 1.82) is 0 Å². The zero-order chi connectivity index (χ0) is 15.5. The van der Waals surface area contributed by atoms with Gasteiger partial charge in [0.15, 0.2) is 9.84 Å². The van der Waals surface area contributed by atoms with E-state index in [-0.39, 0.29) is 18.1 Å². The second-order valence-electron chi connectivity index (χ2n) is 5.24. The summed E-state index contributed by atoms with van der Waals surface area (Å²) < 4.78 is 22.6. The predicted octanol–water partition coefficient (Wildman–Crippen LogP) is -0.0855. The van der Waals surface area contributed by atoms with Crippen LogP contribution in [-0.4, -0.2) is 37.8 Å². The van der Waals surface area contributed by atoms with Crippen molar-refractivity contribution in [1.82, 2.24) is 10.6 Å². The van der Waals surface area contributed by atoms with Crippen molar-refractivity contribution in [2.45, 2.75) is 25.9 Å². The summed E-state index contributed by atoms with van der Waals surface area (Å²) in [6.07, 6.45) is 0.360. The molecule has 7 heteroatoms. The topological polar surface area (TPSA) is 92.3 Å². The average molecular weight is 310 g/mol. The number of rotatable bonds is 3. The molecule has 2 amide bonds. The molecule has 0 bridgehead atoms. The summed E-state index contributed by atoms with van der Waals surface area (Å²) in [4.78, 5) is 23.3. The maximum absolute atomic E-state index is 11.7. The highest BCUT2D eigenvalue weighted by atomic mass is 32.2. The fourth-order valence-corrected chi connectivity index (χ4v) is 3.80. The van der Waals surface area contributed by atoms with Crippen LogP contribution in [0.2, 0.25) is 0 Å². The molecule has 6 nitrogen and oxygen atoms in total. The van der Waals surface area contributed by atoms with Gasteiger partial charge in [-0.05, 0) is 18.9 Å². The number of hydrogen-bond acceptors (Lipinski definition) is 4. The molecular weight excluding hydrogens is 292 g/mol. The predicted molar refractivity (Wildman–Crippen MR) is 78.2 cm³/mol. The van der Waals surface area contributed by atoms with Crippen LogP contribution in [0.5, 0.6) is 0 Å². The normalized spacial score (nSPS) is 20.0. The van der Waals surface area contributed by atoms with Crippen LogP contribution >= 0.6 is 0 Å². The molecule has 1 fully saturated rings. The average Bonchev–Trinajstić information content (AvgIpc) is 2.77. The summed E-state index contributed by atoms with van der Waals surface area (Å²) in [5, 5.41) is 4.96. The van der Waals surface area contributed by atoms with E-state index in [9.17, 15) is 18.0 Å². The fraction of sp³-hybridized carbons (Fsp3) is 0.429. The van der Waals surface area contributed by atoms with Crippen molar-refractivity contribution in [3.63, 3.8) is 0 Å². The number of nitrogens with one attached hydrogen (secondary N) is 2. The first-order chi connectivity index (χ1) is 9.85. The first-order valence-electron chi connectivity index (χ1n) is 6.70. The van der Waals surface area contributed by atoms with Crippen LogP contribution in [0.1, 0.15) is 17.5 Å². The fourth-order valence-electron chi connectivity index (χ4n) is 2.13. The minimum atomic E-state index is -3.07. The number of carbonyl (C=O) groups is 2. The molecule has 1 saturated heterocycles. The van der Waals surface area contributed by atoms with Gasteiger partial charge in [-0.25, -0.2) is 8.42 Å². The SMILES string of the molecule is Cc1ccc(CNC(=O)C(=O)NC2CCS(=O)(=O)C2)cc1. The summed E-state index contributed by atoms with van der Waals surface area (Å²) in [6, 6.07) is 7.12. The van der Waals surface area contributed by atoms with E-state index in [1.165, 1.54) is 0 Å². The first-order valence-corrected chi connectivity index (χ1v) is 8.52. The summed E-state index contributed by atoms with van der Waals surface area (Å²) in [7, 11) is -3.07. The molecule has 0 aliphatic carbocycles. The standard InChI is InChI=1S/C14H18N2O4S/c1-10-2-4-11(5-3-10)8-15-13(17)14(18)16-12-6-7-21(19,20)9-12/h2-5,12H,6-9H2,1H3,(H,15,17)(H,16,18). The Kier molecular flexibility index (Phi) is 4.62. The van der Waals surface area contributed by atoms with Gasteiger partial charge in [-0.3, -0.25) is 9.59 Å². The van der Waals surface area contributed by atoms with Gasteiger partial charge in [-0.15, -0.1) is 0 Å². The Morgan fingerprint density at radius 1 is 1.19 bits per heavy atom. The van der Waals surface area contributed by atoms with E-state index in [0.717, 1.165) is 11.1 Å². The minimum absolute atomic E-state index is 0.0585. The van der Waals surface area contributed by atoms with Gasteiger partial charge in [0.05, 0.1) is 11.5 Å². The maximum atomic E-state index is 11.7. The van der Waals surface area contributed by atoms with E-state index in [4.69, 9.17) is 0 Å². The van der Waals surface area contributed by atoms with Gasteiger partial charge < -0.3 is 10.6 Å². The minimum Gasteiger partial charge on any atom is -0.344 e. The van der Waals surface area contributed by atoms with E-state index < -0.39 is 27.7 Å². The quantitative estimate of drug-likeness (QED) is 0.764. The molecule has 2 N–H and O–H groups in total. The second-order valence-corrected chi connectivity index (χ2v) is 7.47. The molecule has 0 radical (unpaired) electrons. The van der Waals surface area contributed by atoms with Crippen LogP contribution in [0.4, 0.5) is 0 Å². The summed E-state index contributed by atoms with van der Waals surface area (Å²) in [5.41, 5.74) is 2.01. The zero-order valence-corrected chi connectivity index (χ0v) is 12.6. The molecule has 1 aliphatic heterocycles. The van der Waals surface area contributed by atoms with Crippen molar-refractivity contribution in [3.05, 3.63) is 35.4 Å². The van der Waals surface area contributed by atoms with Gasteiger partial charge in [-0.2, -0.15) is 0 Å². The third kappa shape index (κ3) is 4.56. The molecule has 21 heavy (non-hydrogen) atoms. The van der Waals surface area contributed by atoms with Gasteiger partial charge >= 0.3 is 11.8 Å². The van der Waals surface area contributed by atoms with Crippen molar-refractivity contribution in [3.8, 4) is 0 Å². The highest BCUT2D eigenvalue weighted by Crippen LogP contribution is 2.11. The van der Waals surface area contributed by atoms with Crippen LogP contribution in [0, 0.1) is 6.92 Å². The molecule has 114 valence electrons. The van der Waals surface area contributed by atoms with Crippen LogP contribution in [0.25, 0.3) is 0 Å². The summed E-state index contributed by atoms with van der Waals surface area (Å²) in [6.45, 7) is 2.22. The highest BCUT2D eigenvalue weighted by Gasteiger charge is 2.30. The number of sulfone groups is 1. The van der Waals surface area contributed by atoms with E-state index in [1.807, 2.05) is 31.2 Å². The third-order valence-corrected chi connectivity index (χ3v) is 5.12. The van der Waals surface area contributed by atoms with Gasteiger partial charge in [0.2, 0.25) is 0 Å². The van der Waals surface area contributed by atoms with Crippen molar-refractivity contribution >= 4 is 21.7 Å². The molecular formula is C14H18N2O4S. The van der Waals surface area contributed by atoms with E-state index in [2.05, 4.69) is 10.6 Å². The molecule has 1 heterocycles. The van der Waals surface area contributed by atoms with Crippen LogP contribution in [0.15, 0.2) is 24.3 Å². The monoisotopic (exact) mass is 310 g/mol. The molecule has 1 aromatic rings. The Balaban J connectivity index is 1.80. The molecule has 1 atom stereocenters. The van der Waals surface area contributed by atoms with Crippen LogP contribution in [0.3, 0.4) is 0 Å². The molecule has 0 spiro atoms. The first kappa shape index (κ1) is 15.5. The van der Waals surface area contributed by atoms with Gasteiger partial charge in [0.25, 0.3) is 0 Å². The molecule has 0 saturated carbocycles. The van der Waals surface area contributed by atoms with Gasteiger partial charge in [-0.1, -0.05) is 29.8 Å². The Bertz CT molecular complexity index is 637. The summed E-state index contributed by atoms with van der Waals surface area (Å²) >= 11 is 0. The maximum Gasteiger partial charge on any atom is 0.309 e. The number of amides is 2. The Hall–Kier alpha value is -1.89. The number of benzene rings is 1. The second kappa shape index (κ2) is 6.26. The lowest BCUT2D eigenvalue weighted by atomic mass is 10.1. The van der Waals surface area contributed by atoms with Crippen LogP contribution < -0.4 is 10.6 Å². The lowest BCUT2D eigenvalue weighted by Gasteiger charge is -2.10. The Morgan fingerprint density at radius 2 is 1.86 bits per heavy atom. The zero-order valence-electron chi connectivity index (χ0n) is 11.8. The van der Waals surface area contributed by atoms with Crippen molar-refractivity contribution in [2.24, 2.45) is 0 Å². The lowest BCUT2D eigenvalue weighted by Crippen LogP contribution is -2.44. The lowest BCUT2D eigenvalue weighted by molar-refractivity contribution is -0.139. The van der Waals surface area contributed by atoms with Crippen molar-refractivity contribution in [2.75, 3.05) is 11.5 Å². The number of aryl methyl sites for hydroxylation is 1. The summed E-state index contributed by atoms with van der Waals surface area (Å²) in [5.74, 6) is -1.57. The van der Waals surface area contributed by atoms with Crippen molar-refractivity contribution < 1.29 is 18.0 Å². The molecule has 0 aromatic heterocycles. The third-order valence-electron chi connectivity index (χ3n) is 3.35. The smallest absolute Gasteiger partial charge is 0.309 e. The van der Waals surface area contributed by atoms with Gasteiger partial charge in [0.1, 0.15) is 0 Å². The molecule has 1 aliphatic rings. The molecule has 1 unspecified atom stereocenters. The Morgan fingerprint density at radius 3 is 2.43 bits per heavy atom. The number of carbonyl (C=O) groups excluding carboxylic acids is 2. The molecule has 1 aromatic carbocycles. The van der Waals surface area contributed by atoms with E-state index in [1.54, 1.807) is 0 Å². The largest absolute Gasteiger partial charge is 0.344 e. The van der Waals surface area contributed by atoms with Crippen LogP contribution in [-0.2, 0) is 26.0 Å². The Labute approximate surface area is 123 Å². The van der Waals surface area contributed by atoms with Gasteiger partial charge in [0, 0.05) is 12.6 Å². The number of hydrogen-bond donors (Lipinski definition) is 2. The van der Waals surface area contributed by atoms with E-state index >= 15 is 0 Å². The van der Waals surface area contributed by atoms with E-state index in [0.29, 0.717) is 6.42 Å². The molecule has 2 rings (SSSR count). The highest BCUT2D eigenvalue weighted by molar-refractivity contribution is 7.91.